The molecular formula is C2H10O14P4. The van der Waals surface area contributed by atoms with Crippen molar-refractivity contribution in [3.8, 4) is 0 Å². The first-order valence-electron chi connectivity index (χ1n) is 4.10. The van der Waals surface area contributed by atoms with E-state index < -0.39 is 44.5 Å². The van der Waals surface area contributed by atoms with Crippen molar-refractivity contribution in [1.29, 1.82) is 0 Å². The SMILES string of the molecule is O=P(O)(O)OP(=O)(O)OCCOP(=O)(O)OP(=O)(O)O. The molecule has 20 heavy (non-hydrogen) atoms. The Hall–Kier alpha value is 0.520. The molecule has 0 saturated carbocycles. The molecular weight excluding hydrogens is 372 g/mol. The van der Waals surface area contributed by atoms with Gasteiger partial charge in [-0.3, -0.25) is 9.05 Å². The van der Waals surface area contributed by atoms with Crippen LogP contribution >= 0.6 is 31.3 Å². The van der Waals surface area contributed by atoms with E-state index in [1.54, 1.807) is 0 Å². The van der Waals surface area contributed by atoms with Gasteiger partial charge in [-0.2, -0.15) is 8.62 Å². The van der Waals surface area contributed by atoms with Crippen LogP contribution in [0.1, 0.15) is 0 Å². The minimum Gasteiger partial charge on any atom is -0.302 e. The largest absolute Gasteiger partial charge is 0.481 e. The fraction of sp³-hybridized carbons (Fsp3) is 1.00. The van der Waals surface area contributed by atoms with Gasteiger partial charge in [0.15, 0.2) is 0 Å². The van der Waals surface area contributed by atoms with Crippen LogP contribution in [0.4, 0.5) is 0 Å². The number of rotatable bonds is 9. The molecule has 0 radical (unpaired) electrons. The Labute approximate surface area is 111 Å². The van der Waals surface area contributed by atoms with Gasteiger partial charge in [-0.1, -0.05) is 0 Å². The van der Waals surface area contributed by atoms with Crippen molar-refractivity contribution in [3.05, 3.63) is 0 Å². The second-order valence-electron chi connectivity index (χ2n) is 2.75. The van der Waals surface area contributed by atoms with Gasteiger partial charge in [-0.15, -0.1) is 0 Å². The maximum atomic E-state index is 10.9. The smallest absolute Gasteiger partial charge is 0.302 e. The lowest BCUT2D eigenvalue weighted by molar-refractivity contribution is 0.125. The van der Waals surface area contributed by atoms with E-state index in [0.29, 0.717) is 0 Å². The zero-order chi connectivity index (χ0) is 16.2. The van der Waals surface area contributed by atoms with E-state index in [1.807, 2.05) is 0 Å². The van der Waals surface area contributed by atoms with Crippen LogP contribution in [0.5, 0.6) is 0 Å². The lowest BCUT2D eigenvalue weighted by atomic mass is 10.8. The molecule has 6 N–H and O–H groups in total. The second-order valence-corrected chi connectivity index (χ2v) is 8.41. The molecule has 0 heterocycles. The van der Waals surface area contributed by atoms with Crippen LogP contribution in [0.3, 0.4) is 0 Å². The first-order valence-corrected chi connectivity index (χ1v) is 10.2. The Bertz CT molecular complexity index is 449. The predicted octanol–water partition coefficient (Wildman–Crippen LogP) is -0.561. The summed E-state index contributed by atoms with van der Waals surface area (Å²) in [5.41, 5.74) is 0. The summed E-state index contributed by atoms with van der Waals surface area (Å²) in [5, 5.41) is 0. The number of phosphoric ester groups is 2. The van der Waals surface area contributed by atoms with E-state index in [2.05, 4.69) is 17.7 Å². The summed E-state index contributed by atoms with van der Waals surface area (Å²) in [4.78, 5) is 50.4. The maximum Gasteiger partial charge on any atom is 0.481 e. The summed E-state index contributed by atoms with van der Waals surface area (Å²) in [6.45, 7) is -1.97. The predicted molar refractivity (Wildman–Crippen MR) is 57.8 cm³/mol. The maximum absolute atomic E-state index is 10.9. The van der Waals surface area contributed by atoms with Crippen LogP contribution in [0, 0.1) is 0 Å². The molecule has 0 aromatic rings. The van der Waals surface area contributed by atoms with Gasteiger partial charge in [-0.25, -0.2) is 18.3 Å². The molecule has 0 saturated heterocycles. The highest BCUT2D eigenvalue weighted by atomic mass is 31.3. The second kappa shape index (κ2) is 7.19. The Morgan fingerprint density at radius 1 is 0.600 bits per heavy atom. The van der Waals surface area contributed by atoms with Gasteiger partial charge in [0.2, 0.25) is 0 Å². The Kier molecular flexibility index (Phi) is 7.37. The van der Waals surface area contributed by atoms with Crippen LogP contribution < -0.4 is 0 Å². The van der Waals surface area contributed by atoms with Gasteiger partial charge in [0, 0.05) is 0 Å². The lowest BCUT2D eigenvalue weighted by Crippen LogP contribution is -2.04. The number of phosphoric acid groups is 4. The average molecular weight is 382 g/mol. The third-order valence-electron chi connectivity index (χ3n) is 1.01. The van der Waals surface area contributed by atoms with Gasteiger partial charge in [0.1, 0.15) is 0 Å². The highest BCUT2D eigenvalue weighted by Crippen LogP contribution is 2.59. The summed E-state index contributed by atoms with van der Waals surface area (Å²) in [7, 11) is -20.9. The van der Waals surface area contributed by atoms with Crippen molar-refractivity contribution in [2.24, 2.45) is 0 Å². The summed E-state index contributed by atoms with van der Waals surface area (Å²) < 4.78 is 56.7. The third kappa shape index (κ3) is 12.3. The molecule has 0 amide bonds. The first kappa shape index (κ1) is 20.5. The molecule has 0 spiro atoms. The monoisotopic (exact) mass is 382 g/mol. The molecule has 122 valence electrons. The molecule has 0 aromatic heterocycles. The Balaban J connectivity index is 4.21. The molecule has 0 aliphatic carbocycles. The molecule has 0 fully saturated rings. The zero-order valence-electron chi connectivity index (χ0n) is 9.15. The quantitative estimate of drug-likeness (QED) is 0.217. The van der Waals surface area contributed by atoms with Crippen molar-refractivity contribution in [2.75, 3.05) is 13.2 Å². The summed E-state index contributed by atoms with van der Waals surface area (Å²) in [6, 6.07) is 0. The third-order valence-corrected chi connectivity index (χ3v) is 5.38. The minimum atomic E-state index is -5.31. The van der Waals surface area contributed by atoms with Crippen molar-refractivity contribution in [2.45, 2.75) is 0 Å². The summed E-state index contributed by atoms with van der Waals surface area (Å²) >= 11 is 0. The Morgan fingerprint density at radius 2 is 0.850 bits per heavy atom. The van der Waals surface area contributed by atoms with Crippen LogP contribution in [0.2, 0.25) is 0 Å². The number of hydrogen-bond donors (Lipinski definition) is 6. The molecule has 0 aliphatic heterocycles. The van der Waals surface area contributed by atoms with Gasteiger partial charge in [0.25, 0.3) is 0 Å². The summed E-state index contributed by atoms with van der Waals surface area (Å²) in [6.07, 6.45) is 0. The average Bonchev–Trinajstić information content (AvgIpc) is 2.04. The van der Waals surface area contributed by atoms with Crippen molar-refractivity contribution in [1.82, 2.24) is 0 Å². The fourth-order valence-corrected chi connectivity index (χ4v) is 3.76. The highest BCUT2D eigenvalue weighted by molar-refractivity contribution is 7.61. The van der Waals surface area contributed by atoms with Gasteiger partial charge >= 0.3 is 31.3 Å². The molecule has 0 aromatic carbocycles. The lowest BCUT2D eigenvalue weighted by Gasteiger charge is -2.14. The molecule has 14 nitrogen and oxygen atoms in total. The van der Waals surface area contributed by atoms with Crippen LogP contribution in [-0.2, 0) is 35.9 Å². The van der Waals surface area contributed by atoms with E-state index in [9.17, 15) is 18.3 Å². The topological polar surface area (TPSA) is 227 Å². The zero-order valence-corrected chi connectivity index (χ0v) is 12.7. The van der Waals surface area contributed by atoms with Crippen LogP contribution in [0.15, 0.2) is 0 Å². The van der Waals surface area contributed by atoms with Crippen LogP contribution in [-0.4, -0.2) is 42.6 Å². The van der Waals surface area contributed by atoms with Crippen molar-refractivity contribution < 1.29 is 65.3 Å². The van der Waals surface area contributed by atoms with Gasteiger partial charge in [-0.05, 0) is 0 Å². The minimum absolute atomic E-state index is 0.983. The van der Waals surface area contributed by atoms with Crippen LogP contribution in [0.25, 0.3) is 0 Å². The summed E-state index contributed by atoms with van der Waals surface area (Å²) in [5.74, 6) is 0. The van der Waals surface area contributed by atoms with Gasteiger partial charge in [0.05, 0.1) is 13.2 Å². The van der Waals surface area contributed by atoms with Crippen molar-refractivity contribution in [3.63, 3.8) is 0 Å². The standard InChI is InChI=1S/C2H10O14P4/c3-17(4,5)15-19(9,10)13-1-2-14-20(11,12)16-18(6,7)8/h1-2H2,(H,9,10)(H,11,12)(H2,3,4,5)(H2,6,7,8). The van der Waals surface area contributed by atoms with E-state index in [0.717, 1.165) is 0 Å². The number of hydrogen-bond acceptors (Lipinski definition) is 8. The normalized spacial score (nSPS) is 19.3. The van der Waals surface area contributed by atoms with E-state index in [4.69, 9.17) is 29.4 Å². The molecule has 0 rings (SSSR count). The fourth-order valence-electron chi connectivity index (χ4n) is 0.621. The first-order chi connectivity index (χ1) is 8.62. The molecule has 0 bridgehead atoms. The van der Waals surface area contributed by atoms with E-state index >= 15 is 0 Å². The van der Waals surface area contributed by atoms with Gasteiger partial charge < -0.3 is 29.4 Å². The highest BCUT2D eigenvalue weighted by Gasteiger charge is 2.34. The molecule has 2 unspecified atom stereocenters. The van der Waals surface area contributed by atoms with E-state index in [-0.39, 0.29) is 0 Å². The Morgan fingerprint density at radius 3 is 1.05 bits per heavy atom. The molecule has 2 atom stereocenters. The van der Waals surface area contributed by atoms with Crippen molar-refractivity contribution >= 4 is 31.3 Å². The molecule has 0 aliphatic rings. The molecule has 18 heteroatoms. The van der Waals surface area contributed by atoms with E-state index in [1.165, 1.54) is 0 Å².